The molecular formula is C24H28N4O2. The van der Waals surface area contributed by atoms with Crippen molar-refractivity contribution in [1.82, 2.24) is 19.7 Å². The topological polar surface area (TPSA) is 71.0 Å². The number of aromatic nitrogens is 3. The summed E-state index contributed by atoms with van der Waals surface area (Å²) in [5.74, 6) is 1.03. The molecule has 2 aromatic carbocycles. The normalized spacial score (nSPS) is 14.8. The first-order valence-electron chi connectivity index (χ1n) is 10.5. The smallest absolute Gasteiger partial charge is 0.339 e. The fourth-order valence-electron chi connectivity index (χ4n) is 4.07. The van der Waals surface area contributed by atoms with Gasteiger partial charge in [0.2, 0.25) is 0 Å². The summed E-state index contributed by atoms with van der Waals surface area (Å²) in [6.07, 6.45) is 1.60. The molecule has 30 heavy (non-hydrogen) atoms. The van der Waals surface area contributed by atoms with Gasteiger partial charge in [-0.05, 0) is 62.4 Å². The number of carbonyl (C=O) groups is 1. The van der Waals surface area contributed by atoms with Gasteiger partial charge in [0.15, 0.2) is 0 Å². The van der Waals surface area contributed by atoms with Crippen molar-refractivity contribution in [2.24, 2.45) is 0 Å². The summed E-state index contributed by atoms with van der Waals surface area (Å²) in [6, 6.07) is 14.1. The number of hydrogen-bond donors (Lipinski definition) is 1. The van der Waals surface area contributed by atoms with E-state index in [-0.39, 0.29) is 17.5 Å². The zero-order valence-corrected chi connectivity index (χ0v) is 17.8. The van der Waals surface area contributed by atoms with E-state index in [1.165, 1.54) is 11.1 Å². The molecule has 1 N–H and O–H groups in total. The Morgan fingerprint density at radius 2 is 1.73 bits per heavy atom. The van der Waals surface area contributed by atoms with Crippen LogP contribution in [0.1, 0.15) is 57.2 Å². The number of benzene rings is 2. The first-order chi connectivity index (χ1) is 14.4. The fraction of sp³-hybridized carbons (Fsp3) is 0.375. The first-order valence-corrected chi connectivity index (χ1v) is 10.5. The van der Waals surface area contributed by atoms with E-state index in [1.807, 2.05) is 49.1 Å². The molecule has 6 heteroatoms. The molecule has 0 aliphatic carbocycles. The first kappa shape index (κ1) is 20.1. The molecule has 0 atom stereocenters. The van der Waals surface area contributed by atoms with E-state index in [1.54, 1.807) is 4.57 Å². The van der Waals surface area contributed by atoms with Gasteiger partial charge in [-0.2, -0.15) is 5.10 Å². The summed E-state index contributed by atoms with van der Waals surface area (Å²) in [5, 5.41) is 6.94. The zero-order valence-electron chi connectivity index (χ0n) is 17.8. The lowest BCUT2D eigenvalue weighted by Gasteiger charge is -2.31. The molecule has 2 heterocycles. The lowest BCUT2D eigenvalue weighted by Crippen LogP contribution is -2.38. The van der Waals surface area contributed by atoms with Crippen LogP contribution < -0.4 is 5.69 Å². The molecular weight excluding hydrogens is 376 g/mol. The Morgan fingerprint density at radius 1 is 1.03 bits per heavy atom. The van der Waals surface area contributed by atoms with Crippen molar-refractivity contribution in [3.63, 3.8) is 0 Å². The van der Waals surface area contributed by atoms with Gasteiger partial charge in [0.1, 0.15) is 5.82 Å². The van der Waals surface area contributed by atoms with Crippen molar-refractivity contribution < 1.29 is 4.79 Å². The molecule has 4 rings (SSSR count). The van der Waals surface area contributed by atoms with Crippen molar-refractivity contribution in [2.75, 3.05) is 13.1 Å². The van der Waals surface area contributed by atoms with E-state index < -0.39 is 0 Å². The Labute approximate surface area is 176 Å². The van der Waals surface area contributed by atoms with Gasteiger partial charge in [-0.25, -0.2) is 9.89 Å². The second-order valence-corrected chi connectivity index (χ2v) is 8.32. The highest BCUT2D eigenvalue weighted by molar-refractivity contribution is 5.94. The average molecular weight is 405 g/mol. The SMILES string of the molecule is Cc1ccc(Cn2c(C3CCN(C(=O)c4ccc(C)c(C)c4)CC3)n[nH]c2=O)cc1. The van der Waals surface area contributed by atoms with Crippen molar-refractivity contribution in [3.8, 4) is 0 Å². The second kappa shape index (κ2) is 8.30. The number of amides is 1. The van der Waals surface area contributed by atoms with E-state index in [4.69, 9.17) is 0 Å². The Kier molecular flexibility index (Phi) is 5.57. The second-order valence-electron chi connectivity index (χ2n) is 8.32. The third kappa shape index (κ3) is 4.08. The van der Waals surface area contributed by atoms with Gasteiger partial charge in [-0.3, -0.25) is 9.36 Å². The number of H-pyrrole nitrogens is 1. The molecule has 3 aromatic rings. The number of aryl methyl sites for hydroxylation is 3. The Bertz CT molecular complexity index is 1100. The molecule has 1 saturated heterocycles. The third-order valence-corrected chi connectivity index (χ3v) is 6.15. The summed E-state index contributed by atoms with van der Waals surface area (Å²) in [7, 11) is 0. The van der Waals surface area contributed by atoms with Crippen LogP contribution in [0.5, 0.6) is 0 Å². The van der Waals surface area contributed by atoms with Gasteiger partial charge in [0.05, 0.1) is 6.54 Å². The number of likely N-dealkylation sites (tertiary alicyclic amines) is 1. The quantitative estimate of drug-likeness (QED) is 0.723. The number of aromatic amines is 1. The minimum atomic E-state index is -0.181. The summed E-state index contributed by atoms with van der Waals surface area (Å²) in [5.41, 5.74) is 5.15. The summed E-state index contributed by atoms with van der Waals surface area (Å²) >= 11 is 0. The maximum atomic E-state index is 12.9. The van der Waals surface area contributed by atoms with Gasteiger partial charge in [-0.15, -0.1) is 0 Å². The fourth-order valence-corrected chi connectivity index (χ4v) is 4.07. The Hall–Kier alpha value is -3.15. The van der Waals surface area contributed by atoms with Gasteiger partial charge < -0.3 is 4.90 Å². The monoisotopic (exact) mass is 404 g/mol. The average Bonchev–Trinajstić information content (AvgIpc) is 3.11. The zero-order chi connectivity index (χ0) is 21.3. The van der Waals surface area contributed by atoms with E-state index in [0.717, 1.165) is 35.4 Å². The van der Waals surface area contributed by atoms with Crippen LogP contribution >= 0.6 is 0 Å². The predicted octanol–water partition coefficient (Wildman–Crippen LogP) is 3.56. The van der Waals surface area contributed by atoms with Gasteiger partial charge in [-0.1, -0.05) is 35.9 Å². The van der Waals surface area contributed by atoms with E-state index >= 15 is 0 Å². The van der Waals surface area contributed by atoms with E-state index in [9.17, 15) is 9.59 Å². The Balaban J connectivity index is 1.45. The largest absolute Gasteiger partial charge is 0.343 e. The van der Waals surface area contributed by atoms with Crippen LogP contribution in [0.3, 0.4) is 0 Å². The predicted molar refractivity (Wildman–Crippen MR) is 117 cm³/mol. The van der Waals surface area contributed by atoms with Crippen LogP contribution in [-0.4, -0.2) is 38.7 Å². The van der Waals surface area contributed by atoms with Crippen molar-refractivity contribution in [2.45, 2.75) is 46.1 Å². The van der Waals surface area contributed by atoms with Gasteiger partial charge in [0, 0.05) is 24.6 Å². The minimum Gasteiger partial charge on any atom is -0.339 e. The van der Waals surface area contributed by atoms with Crippen LogP contribution in [0.2, 0.25) is 0 Å². The number of hydrogen-bond acceptors (Lipinski definition) is 3. The molecule has 0 unspecified atom stereocenters. The van der Waals surface area contributed by atoms with Crippen LogP contribution in [0.4, 0.5) is 0 Å². The van der Waals surface area contributed by atoms with Crippen LogP contribution in [-0.2, 0) is 6.54 Å². The molecule has 0 saturated carbocycles. The number of carbonyl (C=O) groups excluding carboxylic acids is 1. The number of rotatable bonds is 4. The van der Waals surface area contributed by atoms with Crippen molar-refractivity contribution in [3.05, 3.63) is 86.6 Å². The van der Waals surface area contributed by atoms with E-state index in [0.29, 0.717) is 19.6 Å². The van der Waals surface area contributed by atoms with Crippen molar-refractivity contribution >= 4 is 5.91 Å². The van der Waals surface area contributed by atoms with Crippen LogP contribution in [0, 0.1) is 20.8 Å². The molecule has 1 amide bonds. The van der Waals surface area contributed by atoms with Gasteiger partial charge >= 0.3 is 5.69 Å². The minimum absolute atomic E-state index is 0.0793. The molecule has 1 aromatic heterocycles. The van der Waals surface area contributed by atoms with Crippen LogP contribution in [0.15, 0.2) is 47.3 Å². The highest BCUT2D eigenvalue weighted by Crippen LogP contribution is 2.27. The molecule has 0 bridgehead atoms. The molecule has 0 radical (unpaired) electrons. The molecule has 1 fully saturated rings. The number of nitrogens with zero attached hydrogens (tertiary/aromatic N) is 3. The maximum Gasteiger partial charge on any atom is 0.343 e. The number of nitrogens with one attached hydrogen (secondary N) is 1. The molecule has 6 nitrogen and oxygen atoms in total. The molecule has 1 aliphatic rings. The summed E-state index contributed by atoms with van der Waals surface area (Å²) < 4.78 is 1.73. The summed E-state index contributed by atoms with van der Waals surface area (Å²) in [4.78, 5) is 27.2. The maximum absolute atomic E-state index is 12.9. The lowest BCUT2D eigenvalue weighted by molar-refractivity contribution is 0.0710. The van der Waals surface area contributed by atoms with Crippen molar-refractivity contribution in [1.29, 1.82) is 0 Å². The molecule has 1 aliphatic heterocycles. The van der Waals surface area contributed by atoms with E-state index in [2.05, 4.69) is 29.3 Å². The number of piperidine rings is 1. The standard InChI is InChI=1S/C24H28N4O2/c1-16-4-7-19(8-5-16)15-28-22(25-26-24(28)30)20-10-12-27(13-11-20)23(29)21-9-6-17(2)18(3)14-21/h4-9,14,20H,10-13,15H2,1-3H3,(H,26,30). The molecule has 156 valence electrons. The highest BCUT2D eigenvalue weighted by atomic mass is 16.2. The summed E-state index contributed by atoms with van der Waals surface area (Å²) in [6.45, 7) is 7.97. The van der Waals surface area contributed by atoms with Gasteiger partial charge in [0.25, 0.3) is 5.91 Å². The Morgan fingerprint density at radius 3 is 2.40 bits per heavy atom. The highest BCUT2D eigenvalue weighted by Gasteiger charge is 2.28. The lowest BCUT2D eigenvalue weighted by atomic mass is 9.95. The molecule has 0 spiro atoms. The third-order valence-electron chi connectivity index (χ3n) is 6.15. The van der Waals surface area contributed by atoms with Crippen LogP contribution in [0.25, 0.3) is 0 Å².